The van der Waals surface area contributed by atoms with E-state index in [-0.39, 0.29) is 0 Å². The highest BCUT2D eigenvalue weighted by Crippen LogP contribution is 2.27. The lowest BCUT2D eigenvalue weighted by Crippen LogP contribution is -2.13. The van der Waals surface area contributed by atoms with Crippen molar-refractivity contribution < 1.29 is 0 Å². The van der Waals surface area contributed by atoms with Gasteiger partial charge in [0.2, 0.25) is 0 Å². The zero-order valence-electron chi connectivity index (χ0n) is 8.41. The number of hydrogen-bond donors (Lipinski definition) is 1. The second-order valence-electron chi connectivity index (χ2n) is 3.99. The third-order valence-corrected chi connectivity index (χ3v) is 4.10. The van der Waals surface area contributed by atoms with Crippen LogP contribution >= 0.6 is 11.8 Å². The maximum absolute atomic E-state index is 5.93. The van der Waals surface area contributed by atoms with Crippen molar-refractivity contribution in [3.05, 3.63) is 29.8 Å². The quantitative estimate of drug-likeness (QED) is 0.755. The van der Waals surface area contributed by atoms with Crippen LogP contribution in [0.25, 0.3) is 0 Å². The zero-order chi connectivity index (χ0) is 9.80. The summed E-state index contributed by atoms with van der Waals surface area (Å²) in [6.45, 7) is 0. The summed E-state index contributed by atoms with van der Waals surface area (Å²) < 4.78 is 0. The topological polar surface area (TPSA) is 26.0 Å². The fourth-order valence-electron chi connectivity index (χ4n) is 2.00. The summed E-state index contributed by atoms with van der Waals surface area (Å²) in [5, 5.41) is 0. The Morgan fingerprint density at radius 1 is 1.36 bits per heavy atom. The molecular weight excluding hydrogens is 190 g/mol. The molecule has 0 amide bonds. The molecule has 1 aliphatic heterocycles. The molecule has 0 aliphatic carbocycles. The van der Waals surface area contributed by atoms with Crippen LogP contribution in [0.2, 0.25) is 0 Å². The van der Waals surface area contributed by atoms with Gasteiger partial charge in [-0.2, -0.15) is 11.8 Å². The average molecular weight is 207 g/mol. The van der Waals surface area contributed by atoms with E-state index < -0.39 is 0 Å². The van der Waals surface area contributed by atoms with Gasteiger partial charge in [-0.1, -0.05) is 18.2 Å². The highest BCUT2D eigenvalue weighted by atomic mass is 32.2. The van der Waals surface area contributed by atoms with Crippen molar-refractivity contribution in [2.75, 3.05) is 17.2 Å². The van der Waals surface area contributed by atoms with Crippen molar-refractivity contribution >= 4 is 17.4 Å². The molecule has 76 valence electrons. The van der Waals surface area contributed by atoms with Gasteiger partial charge < -0.3 is 5.73 Å². The van der Waals surface area contributed by atoms with Gasteiger partial charge in [0.25, 0.3) is 0 Å². The van der Waals surface area contributed by atoms with E-state index in [9.17, 15) is 0 Å². The third kappa shape index (κ3) is 2.44. The first kappa shape index (κ1) is 9.91. The standard InChI is InChI=1S/C12H17NS/c13-12-6-2-1-5-11(12)8-10-4-3-7-14-9-10/h1-2,5-6,10H,3-4,7-9,13H2. The van der Waals surface area contributed by atoms with Gasteiger partial charge in [0.05, 0.1) is 0 Å². The summed E-state index contributed by atoms with van der Waals surface area (Å²) in [6, 6.07) is 8.26. The lowest BCUT2D eigenvalue weighted by atomic mass is 9.95. The normalized spacial score (nSPS) is 22.1. The Morgan fingerprint density at radius 3 is 2.93 bits per heavy atom. The maximum atomic E-state index is 5.93. The van der Waals surface area contributed by atoms with E-state index in [4.69, 9.17) is 5.73 Å². The van der Waals surface area contributed by atoms with Crippen LogP contribution in [0.4, 0.5) is 5.69 Å². The predicted molar refractivity (Wildman–Crippen MR) is 64.6 cm³/mol. The lowest BCUT2D eigenvalue weighted by Gasteiger charge is -2.21. The molecule has 1 aromatic carbocycles. The minimum atomic E-state index is 0.846. The molecule has 1 aromatic rings. The number of nitrogens with two attached hydrogens (primary N) is 1. The van der Waals surface area contributed by atoms with Gasteiger partial charge in [-0.15, -0.1) is 0 Å². The van der Waals surface area contributed by atoms with E-state index in [2.05, 4.69) is 23.9 Å². The molecule has 1 aliphatic rings. The second-order valence-corrected chi connectivity index (χ2v) is 5.14. The summed E-state index contributed by atoms with van der Waals surface area (Å²) in [5.41, 5.74) is 8.23. The van der Waals surface area contributed by atoms with Crippen molar-refractivity contribution in [2.45, 2.75) is 19.3 Å². The predicted octanol–water partition coefficient (Wildman–Crippen LogP) is 2.95. The van der Waals surface area contributed by atoms with Gasteiger partial charge in [0.15, 0.2) is 0 Å². The number of hydrogen-bond acceptors (Lipinski definition) is 2. The number of para-hydroxylation sites is 1. The Balaban J connectivity index is 1.99. The van der Waals surface area contributed by atoms with Crippen LogP contribution in [0.15, 0.2) is 24.3 Å². The van der Waals surface area contributed by atoms with Crippen molar-refractivity contribution in [3.63, 3.8) is 0 Å². The second kappa shape index (κ2) is 4.74. The van der Waals surface area contributed by atoms with Gasteiger partial charge >= 0.3 is 0 Å². The lowest BCUT2D eigenvalue weighted by molar-refractivity contribution is 0.522. The molecule has 2 rings (SSSR count). The number of benzene rings is 1. The number of nitrogen functional groups attached to an aromatic ring is 1. The number of thioether (sulfide) groups is 1. The van der Waals surface area contributed by atoms with Gasteiger partial charge in [-0.3, -0.25) is 0 Å². The van der Waals surface area contributed by atoms with Crippen LogP contribution in [-0.2, 0) is 6.42 Å². The number of anilines is 1. The van der Waals surface area contributed by atoms with E-state index >= 15 is 0 Å². The first-order valence-corrected chi connectivity index (χ1v) is 6.43. The summed E-state index contributed by atoms with van der Waals surface area (Å²) in [4.78, 5) is 0. The fourth-order valence-corrected chi connectivity index (χ4v) is 3.15. The fraction of sp³-hybridized carbons (Fsp3) is 0.500. The van der Waals surface area contributed by atoms with Crippen molar-refractivity contribution in [3.8, 4) is 0 Å². The zero-order valence-corrected chi connectivity index (χ0v) is 9.22. The largest absolute Gasteiger partial charge is 0.399 e. The molecule has 2 heteroatoms. The van der Waals surface area contributed by atoms with Crippen LogP contribution in [0.1, 0.15) is 18.4 Å². The molecule has 1 atom stereocenters. The highest BCUT2D eigenvalue weighted by Gasteiger charge is 2.14. The van der Waals surface area contributed by atoms with E-state index in [1.165, 1.54) is 36.3 Å². The van der Waals surface area contributed by atoms with Gasteiger partial charge in [0, 0.05) is 5.69 Å². The van der Waals surface area contributed by atoms with Crippen LogP contribution in [0, 0.1) is 5.92 Å². The van der Waals surface area contributed by atoms with Crippen molar-refractivity contribution in [1.82, 2.24) is 0 Å². The molecular formula is C12H17NS. The monoisotopic (exact) mass is 207 g/mol. The maximum Gasteiger partial charge on any atom is 0.0346 e. The minimum Gasteiger partial charge on any atom is -0.399 e. The van der Waals surface area contributed by atoms with E-state index in [0.29, 0.717) is 0 Å². The average Bonchev–Trinajstić information content (AvgIpc) is 2.23. The molecule has 1 saturated heterocycles. The Labute approximate surface area is 90.1 Å². The summed E-state index contributed by atoms with van der Waals surface area (Å²) >= 11 is 2.09. The van der Waals surface area contributed by atoms with Crippen molar-refractivity contribution in [1.29, 1.82) is 0 Å². The SMILES string of the molecule is Nc1ccccc1CC1CCCSC1. The molecule has 0 aromatic heterocycles. The summed E-state index contributed by atoms with van der Waals surface area (Å²) in [7, 11) is 0. The van der Waals surface area contributed by atoms with Crippen molar-refractivity contribution in [2.24, 2.45) is 5.92 Å². The van der Waals surface area contributed by atoms with Crippen LogP contribution in [0.3, 0.4) is 0 Å². The van der Waals surface area contributed by atoms with Crippen LogP contribution in [-0.4, -0.2) is 11.5 Å². The van der Waals surface area contributed by atoms with E-state index in [0.717, 1.165) is 11.6 Å². The molecule has 0 radical (unpaired) electrons. The minimum absolute atomic E-state index is 0.846. The molecule has 1 unspecified atom stereocenters. The highest BCUT2D eigenvalue weighted by molar-refractivity contribution is 7.99. The molecule has 1 heterocycles. The Bertz CT molecular complexity index is 292. The molecule has 1 fully saturated rings. The van der Waals surface area contributed by atoms with Gasteiger partial charge in [-0.25, -0.2) is 0 Å². The first-order chi connectivity index (χ1) is 6.86. The molecule has 2 N–H and O–H groups in total. The summed E-state index contributed by atoms with van der Waals surface area (Å²) in [5.74, 6) is 3.51. The molecule has 0 saturated carbocycles. The smallest absolute Gasteiger partial charge is 0.0346 e. The van der Waals surface area contributed by atoms with Crippen LogP contribution in [0.5, 0.6) is 0 Å². The Kier molecular flexibility index (Phi) is 3.35. The Morgan fingerprint density at radius 2 is 2.21 bits per heavy atom. The van der Waals surface area contributed by atoms with Gasteiger partial charge in [0.1, 0.15) is 0 Å². The van der Waals surface area contributed by atoms with Crippen LogP contribution < -0.4 is 5.73 Å². The van der Waals surface area contributed by atoms with E-state index in [1.807, 2.05) is 12.1 Å². The van der Waals surface area contributed by atoms with Gasteiger partial charge in [-0.05, 0) is 48.3 Å². The molecule has 1 nitrogen and oxygen atoms in total. The molecule has 0 spiro atoms. The first-order valence-electron chi connectivity index (χ1n) is 5.27. The Hall–Kier alpha value is -0.630. The number of rotatable bonds is 2. The summed E-state index contributed by atoms with van der Waals surface area (Å²) in [6.07, 6.45) is 3.92. The van der Waals surface area contributed by atoms with E-state index in [1.54, 1.807) is 0 Å². The molecule has 14 heavy (non-hydrogen) atoms. The third-order valence-electron chi connectivity index (χ3n) is 2.82. The molecule has 0 bridgehead atoms.